The van der Waals surface area contributed by atoms with E-state index in [2.05, 4.69) is 20.8 Å². The Hall–Kier alpha value is -1.76. The summed E-state index contributed by atoms with van der Waals surface area (Å²) in [4.78, 5) is 25.1. The fraction of sp³-hybridized carbons (Fsp3) is 0.583. The molecule has 2 fully saturated rings. The molecule has 2 aliphatic rings. The smallest absolute Gasteiger partial charge is 0.315 e. The first kappa shape index (κ1) is 13.2. The van der Waals surface area contributed by atoms with Crippen molar-refractivity contribution in [2.24, 2.45) is 0 Å². The highest BCUT2D eigenvalue weighted by Crippen LogP contribution is 2.24. The van der Waals surface area contributed by atoms with Gasteiger partial charge in [-0.2, -0.15) is 5.10 Å². The summed E-state index contributed by atoms with van der Waals surface area (Å²) in [5, 5.41) is 12.0. The predicted octanol–water partition coefficient (Wildman–Crippen LogP) is 0.464. The molecule has 108 valence electrons. The number of nitrogens with zero attached hydrogens (tertiary/aromatic N) is 2. The van der Waals surface area contributed by atoms with Gasteiger partial charge in [-0.05, 0) is 19.3 Å². The van der Waals surface area contributed by atoms with Crippen LogP contribution >= 0.6 is 11.6 Å². The van der Waals surface area contributed by atoms with E-state index in [-0.39, 0.29) is 17.1 Å². The quantitative estimate of drug-likeness (QED) is 0.756. The van der Waals surface area contributed by atoms with E-state index >= 15 is 0 Å². The van der Waals surface area contributed by atoms with Gasteiger partial charge in [0.2, 0.25) is 0 Å². The Morgan fingerprint density at radius 3 is 2.85 bits per heavy atom. The molecular formula is C12H16ClN5O2. The minimum absolute atomic E-state index is 0.0594. The van der Waals surface area contributed by atoms with Gasteiger partial charge in [0.05, 0.1) is 11.9 Å². The third-order valence-corrected chi connectivity index (χ3v) is 3.92. The van der Waals surface area contributed by atoms with E-state index in [4.69, 9.17) is 11.6 Å². The van der Waals surface area contributed by atoms with Crippen molar-refractivity contribution in [3.63, 3.8) is 0 Å². The molecule has 2 amide bonds. The Bertz CT molecular complexity index is 571. The van der Waals surface area contributed by atoms with Crippen molar-refractivity contribution in [3.8, 4) is 0 Å². The lowest BCUT2D eigenvalue weighted by Crippen LogP contribution is -2.44. The minimum Gasteiger partial charge on any atom is -0.367 e. The lowest BCUT2D eigenvalue weighted by Gasteiger charge is -2.19. The summed E-state index contributed by atoms with van der Waals surface area (Å²) in [7, 11) is 0. The molecule has 3 rings (SSSR count). The lowest BCUT2D eigenvalue weighted by atomic mass is 10.3. The number of amides is 2. The summed E-state index contributed by atoms with van der Waals surface area (Å²) in [6.07, 6.45) is 4.49. The number of anilines is 1. The molecular weight excluding hydrogens is 282 g/mol. The largest absolute Gasteiger partial charge is 0.367 e. The maximum atomic E-state index is 11.7. The van der Waals surface area contributed by atoms with Gasteiger partial charge in [-0.25, -0.2) is 9.89 Å². The highest BCUT2D eigenvalue weighted by atomic mass is 35.5. The molecule has 8 heteroatoms. The zero-order chi connectivity index (χ0) is 14.1. The first-order chi connectivity index (χ1) is 9.63. The molecule has 2 heterocycles. The molecule has 1 saturated carbocycles. The number of aromatic amines is 1. The van der Waals surface area contributed by atoms with E-state index in [9.17, 15) is 9.59 Å². The maximum Gasteiger partial charge on any atom is 0.315 e. The number of hydrogen-bond donors (Lipinski definition) is 3. The highest BCUT2D eigenvalue weighted by Gasteiger charge is 2.28. The number of halogens is 1. The molecule has 1 aromatic heterocycles. The minimum atomic E-state index is -0.396. The maximum absolute atomic E-state index is 11.7. The lowest BCUT2D eigenvalue weighted by molar-refractivity contribution is 0.237. The molecule has 0 aromatic carbocycles. The SMILES string of the molecule is O=C(NC1CC1)NC1CCN(c2cn[nH]c(=O)c2Cl)C1. The topological polar surface area (TPSA) is 90.1 Å². The van der Waals surface area contributed by atoms with E-state index in [0.717, 1.165) is 25.8 Å². The Labute approximate surface area is 120 Å². The summed E-state index contributed by atoms with van der Waals surface area (Å²) in [5.74, 6) is 0. The van der Waals surface area contributed by atoms with Crippen LogP contribution in [0.1, 0.15) is 19.3 Å². The number of nitrogens with one attached hydrogen (secondary N) is 3. The first-order valence-corrected chi connectivity index (χ1v) is 7.06. The van der Waals surface area contributed by atoms with Crippen molar-refractivity contribution in [3.05, 3.63) is 21.6 Å². The Morgan fingerprint density at radius 1 is 1.35 bits per heavy atom. The fourth-order valence-corrected chi connectivity index (χ4v) is 2.54. The van der Waals surface area contributed by atoms with Gasteiger partial charge in [-0.3, -0.25) is 4.79 Å². The van der Waals surface area contributed by atoms with E-state index in [1.807, 2.05) is 4.90 Å². The molecule has 1 atom stereocenters. The molecule has 1 aromatic rings. The van der Waals surface area contributed by atoms with Crippen molar-refractivity contribution >= 4 is 23.3 Å². The third kappa shape index (κ3) is 2.87. The van der Waals surface area contributed by atoms with E-state index < -0.39 is 5.56 Å². The molecule has 20 heavy (non-hydrogen) atoms. The second-order valence-corrected chi connectivity index (χ2v) is 5.60. The average molecular weight is 298 g/mol. The van der Waals surface area contributed by atoms with Crippen molar-refractivity contribution in [2.45, 2.75) is 31.3 Å². The molecule has 7 nitrogen and oxygen atoms in total. The van der Waals surface area contributed by atoms with Crippen molar-refractivity contribution in [2.75, 3.05) is 18.0 Å². The monoisotopic (exact) mass is 297 g/mol. The second kappa shape index (κ2) is 5.32. The number of aromatic nitrogens is 2. The van der Waals surface area contributed by atoms with Crippen LogP contribution in [0.15, 0.2) is 11.0 Å². The Balaban J connectivity index is 1.59. The van der Waals surface area contributed by atoms with Crippen LogP contribution in [-0.4, -0.2) is 41.4 Å². The van der Waals surface area contributed by atoms with Crippen LogP contribution in [0.5, 0.6) is 0 Å². The molecule has 0 spiro atoms. The van der Waals surface area contributed by atoms with Gasteiger partial charge in [-0.1, -0.05) is 11.6 Å². The summed E-state index contributed by atoms with van der Waals surface area (Å²) < 4.78 is 0. The number of carbonyl (C=O) groups excluding carboxylic acids is 1. The zero-order valence-corrected chi connectivity index (χ0v) is 11.6. The molecule has 3 N–H and O–H groups in total. The van der Waals surface area contributed by atoms with Crippen molar-refractivity contribution in [1.29, 1.82) is 0 Å². The molecule has 1 aliphatic carbocycles. The first-order valence-electron chi connectivity index (χ1n) is 6.68. The van der Waals surface area contributed by atoms with Gasteiger partial charge in [0.1, 0.15) is 5.02 Å². The van der Waals surface area contributed by atoms with Crippen LogP contribution in [-0.2, 0) is 0 Å². The third-order valence-electron chi connectivity index (χ3n) is 3.55. The number of carbonyl (C=O) groups is 1. The van der Waals surface area contributed by atoms with Gasteiger partial charge in [0, 0.05) is 25.2 Å². The van der Waals surface area contributed by atoms with Crippen LogP contribution in [0.4, 0.5) is 10.5 Å². The van der Waals surface area contributed by atoms with Gasteiger partial charge in [0.25, 0.3) is 5.56 Å². The number of urea groups is 1. The zero-order valence-electron chi connectivity index (χ0n) is 10.9. The summed E-state index contributed by atoms with van der Waals surface area (Å²) >= 11 is 5.98. The molecule has 0 radical (unpaired) electrons. The number of rotatable bonds is 3. The van der Waals surface area contributed by atoms with Gasteiger partial charge >= 0.3 is 6.03 Å². The summed E-state index contributed by atoms with van der Waals surface area (Å²) in [5.41, 5.74) is 0.217. The van der Waals surface area contributed by atoms with Crippen molar-refractivity contribution in [1.82, 2.24) is 20.8 Å². The summed E-state index contributed by atoms with van der Waals surface area (Å²) in [6.45, 7) is 1.36. The Morgan fingerprint density at radius 2 is 2.10 bits per heavy atom. The number of hydrogen-bond acceptors (Lipinski definition) is 4. The van der Waals surface area contributed by atoms with Gasteiger partial charge in [0.15, 0.2) is 0 Å². The molecule has 1 unspecified atom stereocenters. The standard InChI is InChI=1S/C12H16ClN5O2/c13-10-9(5-14-17-11(10)19)18-4-3-8(6-18)16-12(20)15-7-1-2-7/h5,7-8H,1-4,6H2,(H,17,19)(H2,15,16,20). The van der Waals surface area contributed by atoms with Crippen LogP contribution in [0, 0.1) is 0 Å². The normalized spacial score (nSPS) is 21.9. The van der Waals surface area contributed by atoms with Gasteiger partial charge < -0.3 is 15.5 Å². The second-order valence-electron chi connectivity index (χ2n) is 5.22. The predicted molar refractivity (Wildman–Crippen MR) is 75.2 cm³/mol. The molecule has 0 bridgehead atoms. The molecule has 1 aliphatic heterocycles. The van der Waals surface area contributed by atoms with Crippen molar-refractivity contribution < 1.29 is 4.79 Å². The van der Waals surface area contributed by atoms with Crippen LogP contribution in [0.25, 0.3) is 0 Å². The number of H-pyrrole nitrogens is 1. The van der Waals surface area contributed by atoms with Crippen LogP contribution in [0.3, 0.4) is 0 Å². The highest BCUT2D eigenvalue weighted by molar-refractivity contribution is 6.33. The van der Waals surface area contributed by atoms with Crippen LogP contribution in [0.2, 0.25) is 5.02 Å². The Kier molecular flexibility index (Phi) is 3.52. The van der Waals surface area contributed by atoms with E-state index in [0.29, 0.717) is 18.3 Å². The average Bonchev–Trinajstić information content (AvgIpc) is 3.10. The van der Waals surface area contributed by atoms with Gasteiger partial charge in [-0.15, -0.1) is 0 Å². The van der Waals surface area contributed by atoms with E-state index in [1.54, 1.807) is 0 Å². The fourth-order valence-electron chi connectivity index (χ4n) is 2.33. The summed E-state index contributed by atoms with van der Waals surface area (Å²) in [6, 6.07) is 0.289. The van der Waals surface area contributed by atoms with E-state index in [1.165, 1.54) is 6.20 Å². The van der Waals surface area contributed by atoms with Crippen LogP contribution < -0.4 is 21.1 Å². The molecule has 1 saturated heterocycles.